The van der Waals surface area contributed by atoms with Crippen molar-refractivity contribution < 1.29 is 14.3 Å². The lowest BCUT2D eigenvalue weighted by Crippen LogP contribution is -2.20. The zero-order valence-corrected chi connectivity index (χ0v) is 14.0. The molecule has 3 aromatic rings. The first kappa shape index (κ1) is 15.8. The van der Waals surface area contributed by atoms with Crippen molar-refractivity contribution in [2.24, 2.45) is 0 Å². The van der Waals surface area contributed by atoms with Gasteiger partial charge < -0.3 is 9.47 Å². The average molecular weight is 337 g/mol. The molecule has 0 N–H and O–H groups in total. The Kier molecular flexibility index (Phi) is 4.19. The number of esters is 1. The molecule has 25 heavy (non-hydrogen) atoms. The van der Waals surface area contributed by atoms with Gasteiger partial charge in [0.15, 0.2) is 6.23 Å². The summed E-state index contributed by atoms with van der Waals surface area (Å²) in [6.07, 6.45) is 4.96. The van der Waals surface area contributed by atoms with E-state index < -0.39 is 0 Å². The molecular weight excluding hydrogens is 318 g/mol. The molecule has 0 amide bonds. The number of aromatic nitrogens is 3. The summed E-state index contributed by atoms with van der Waals surface area (Å²) in [5, 5.41) is 5.33. The Bertz CT molecular complexity index is 913. The van der Waals surface area contributed by atoms with Gasteiger partial charge in [-0.25, -0.2) is 14.5 Å². The molecule has 1 fully saturated rings. The van der Waals surface area contributed by atoms with E-state index in [1.54, 1.807) is 18.3 Å². The van der Waals surface area contributed by atoms with Gasteiger partial charge in [-0.15, -0.1) is 0 Å². The van der Waals surface area contributed by atoms with Gasteiger partial charge in [0.05, 0.1) is 29.6 Å². The third-order valence-electron chi connectivity index (χ3n) is 4.47. The molecule has 2 aromatic heterocycles. The molecule has 1 aromatic carbocycles. The topological polar surface area (TPSA) is 66.2 Å². The average Bonchev–Trinajstić information content (AvgIpc) is 3.17. The van der Waals surface area contributed by atoms with Gasteiger partial charge in [0, 0.05) is 18.2 Å². The lowest BCUT2D eigenvalue weighted by molar-refractivity contribution is -0.0384. The van der Waals surface area contributed by atoms with Crippen LogP contribution < -0.4 is 0 Å². The number of fused-ring (bicyclic) bond motifs is 1. The number of carbonyl (C=O) groups excluding carboxylic acids is 1. The quantitative estimate of drug-likeness (QED) is 0.683. The fraction of sp³-hybridized carbons (Fsp3) is 0.316. The molecule has 6 nitrogen and oxygen atoms in total. The number of hydrogen-bond acceptors (Lipinski definition) is 5. The van der Waals surface area contributed by atoms with Gasteiger partial charge in [-0.1, -0.05) is 6.07 Å². The highest BCUT2D eigenvalue weighted by atomic mass is 16.5. The Hall–Kier alpha value is -2.73. The van der Waals surface area contributed by atoms with Crippen molar-refractivity contribution in [1.29, 1.82) is 0 Å². The fourth-order valence-corrected chi connectivity index (χ4v) is 3.18. The summed E-state index contributed by atoms with van der Waals surface area (Å²) in [4.78, 5) is 16.4. The van der Waals surface area contributed by atoms with E-state index >= 15 is 0 Å². The van der Waals surface area contributed by atoms with Gasteiger partial charge >= 0.3 is 5.97 Å². The molecule has 3 heterocycles. The van der Waals surface area contributed by atoms with Crippen LogP contribution in [0.15, 0.2) is 42.6 Å². The monoisotopic (exact) mass is 337 g/mol. The molecular formula is C19H19N3O3. The van der Waals surface area contributed by atoms with Crippen LogP contribution in [0.25, 0.3) is 22.3 Å². The summed E-state index contributed by atoms with van der Waals surface area (Å²) in [6.45, 7) is 0.769. The van der Waals surface area contributed by atoms with Gasteiger partial charge in [0.25, 0.3) is 0 Å². The van der Waals surface area contributed by atoms with E-state index in [1.165, 1.54) is 7.11 Å². The van der Waals surface area contributed by atoms with Crippen molar-refractivity contribution in [3.8, 4) is 11.4 Å². The minimum atomic E-state index is -0.349. The van der Waals surface area contributed by atoms with Gasteiger partial charge in [-0.05, 0) is 49.6 Å². The molecule has 0 saturated carbocycles. The largest absolute Gasteiger partial charge is 0.465 e. The summed E-state index contributed by atoms with van der Waals surface area (Å²) >= 11 is 0. The van der Waals surface area contributed by atoms with Crippen LogP contribution in [0.5, 0.6) is 0 Å². The van der Waals surface area contributed by atoms with Crippen LogP contribution in [0.1, 0.15) is 35.8 Å². The van der Waals surface area contributed by atoms with Gasteiger partial charge in [-0.2, -0.15) is 5.10 Å². The maximum absolute atomic E-state index is 11.7. The highest BCUT2D eigenvalue weighted by Gasteiger charge is 2.20. The smallest absolute Gasteiger partial charge is 0.337 e. The molecule has 0 radical (unpaired) electrons. The molecule has 1 unspecified atom stereocenters. The maximum atomic E-state index is 11.7. The van der Waals surface area contributed by atoms with Crippen LogP contribution in [0.4, 0.5) is 0 Å². The van der Waals surface area contributed by atoms with Crippen molar-refractivity contribution >= 4 is 16.9 Å². The van der Waals surface area contributed by atoms with Crippen LogP contribution in [0.2, 0.25) is 0 Å². The number of pyridine rings is 1. The number of rotatable bonds is 3. The summed E-state index contributed by atoms with van der Waals surface area (Å²) < 4.78 is 12.5. The summed E-state index contributed by atoms with van der Waals surface area (Å²) in [7, 11) is 1.38. The van der Waals surface area contributed by atoms with Gasteiger partial charge in [0.2, 0.25) is 0 Å². The first-order valence-electron chi connectivity index (χ1n) is 8.41. The number of methoxy groups -OCH3 is 1. The second-order valence-corrected chi connectivity index (χ2v) is 6.08. The van der Waals surface area contributed by atoms with Crippen molar-refractivity contribution in [3.05, 3.63) is 48.2 Å². The molecule has 4 rings (SSSR count). The third kappa shape index (κ3) is 3.00. The molecule has 1 aliphatic rings. The molecule has 0 bridgehead atoms. The Balaban J connectivity index is 1.71. The number of hydrogen-bond donors (Lipinski definition) is 0. The van der Waals surface area contributed by atoms with Gasteiger partial charge in [-0.3, -0.25) is 0 Å². The highest BCUT2D eigenvalue weighted by Crippen LogP contribution is 2.28. The maximum Gasteiger partial charge on any atom is 0.337 e. The standard InChI is InChI=1S/C19H19N3O3/c1-24-19(23)14-6-7-15-13(12-14)5-8-16(21-15)17-9-10-20-22(17)18-4-2-3-11-25-18/h5-10,12,18H,2-4,11H2,1H3. The number of carbonyl (C=O) groups is 1. The van der Waals surface area contributed by atoms with Crippen LogP contribution >= 0.6 is 0 Å². The van der Waals surface area contributed by atoms with Crippen LogP contribution in [-0.4, -0.2) is 34.5 Å². The van der Waals surface area contributed by atoms with Crippen molar-refractivity contribution in [2.45, 2.75) is 25.5 Å². The Morgan fingerprint density at radius 2 is 2.16 bits per heavy atom. The zero-order valence-electron chi connectivity index (χ0n) is 14.0. The SMILES string of the molecule is COC(=O)c1ccc2nc(-c3ccnn3C3CCCCO3)ccc2c1. The van der Waals surface area contributed by atoms with Gasteiger partial charge in [0.1, 0.15) is 0 Å². The van der Waals surface area contributed by atoms with E-state index in [0.717, 1.165) is 48.2 Å². The van der Waals surface area contributed by atoms with Crippen molar-refractivity contribution in [3.63, 3.8) is 0 Å². The molecule has 128 valence electrons. The van der Waals surface area contributed by atoms with E-state index in [0.29, 0.717) is 5.56 Å². The summed E-state index contributed by atoms with van der Waals surface area (Å²) in [6, 6.07) is 11.2. The van der Waals surface area contributed by atoms with E-state index in [-0.39, 0.29) is 12.2 Å². The minimum Gasteiger partial charge on any atom is -0.465 e. The van der Waals surface area contributed by atoms with E-state index in [4.69, 9.17) is 14.5 Å². The Morgan fingerprint density at radius 3 is 2.96 bits per heavy atom. The van der Waals surface area contributed by atoms with Crippen molar-refractivity contribution in [2.75, 3.05) is 13.7 Å². The Morgan fingerprint density at radius 1 is 1.24 bits per heavy atom. The minimum absolute atomic E-state index is 0.0297. The number of benzene rings is 1. The van der Waals surface area contributed by atoms with E-state index in [2.05, 4.69) is 5.10 Å². The number of ether oxygens (including phenoxy) is 2. The van der Waals surface area contributed by atoms with Crippen molar-refractivity contribution in [1.82, 2.24) is 14.8 Å². The lowest BCUT2D eigenvalue weighted by atomic mass is 10.1. The lowest BCUT2D eigenvalue weighted by Gasteiger charge is -2.24. The van der Waals surface area contributed by atoms with Crippen LogP contribution in [-0.2, 0) is 9.47 Å². The normalized spacial score (nSPS) is 17.6. The molecule has 1 saturated heterocycles. The highest BCUT2D eigenvalue weighted by molar-refractivity contribution is 5.94. The van der Waals surface area contributed by atoms with E-state index in [1.807, 2.05) is 28.9 Å². The second-order valence-electron chi connectivity index (χ2n) is 6.08. The zero-order chi connectivity index (χ0) is 17.2. The predicted molar refractivity (Wildman–Crippen MR) is 93.1 cm³/mol. The first-order chi connectivity index (χ1) is 12.3. The fourth-order valence-electron chi connectivity index (χ4n) is 3.18. The number of nitrogens with zero attached hydrogens (tertiary/aromatic N) is 3. The predicted octanol–water partition coefficient (Wildman–Crippen LogP) is 3.58. The Labute approximate surface area is 145 Å². The van der Waals surface area contributed by atoms with Crippen LogP contribution in [0.3, 0.4) is 0 Å². The molecule has 0 aliphatic carbocycles. The third-order valence-corrected chi connectivity index (χ3v) is 4.47. The first-order valence-corrected chi connectivity index (χ1v) is 8.41. The molecule has 6 heteroatoms. The molecule has 1 atom stereocenters. The van der Waals surface area contributed by atoms with E-state index in [9.17, 15) is 4.79 Å². The summed E-state index contributed by atoms with van der Waals surface area (Å²) in [5.74, 6) is -0.349. The van der Waals surface area contributed by atoms with Crippen LogP contribution in [0, 0.1) is 0 Å². The summed E-state index contributed by atoms with van der Waals surface area (Å²) in [5.41, 5.74) is 3.11. The molecule has 1 aliphatic heterocycles. The second kappa shape index (κ2) is 6.64. The molecule has 0 spiro atoms.